The summed E-state index contributed by atoms with van der Waals surface area (Å²) >= 11 is 0. The maximum atomic E-state index is 15.2. The lowest BCUT2D eigenvalue weighted by molar-refractivity contribution is 0.112. The van der Waals surface area contributed by atoms with Gasteiger partial charge in [-0.2, -0.15) is 0 Å². The van der Waals surface area contributed by atoms with Gasteiger partial charge in [0.15, 0.2) is 0 Å². The summed E-state index contributed by atoms with van der Waals surface area (Å²) in [5, 5.41) is 1.28. The van der Waals surface area contributed by atoms with Gasteiger partial charge in [0.05, 0.1) is 0 Å². The molecule has 2 heteroatoms. The van der Waals surface area contributed by atoms with Gasteiger partial charge >= 0.3 is 0 Å². The van der Waals surface area contributed by atoms with Crippen LogP contribution in [0.25, 0.3) is 10.8 Å². The van der Waals surface area contributed by atoms with Crippen LogP contribution in [0.3, 0.4) is 0 Å². The molecule has 0 radical (unpaired) electrons. The Morgan fingerprint density at radius 3 is 2.58 bits per heavy atom. The van der Waals surface area contributed by atoms with Crippen LogP contribution in [0.4, 0.5) is 8.78 Å². The Hall–Kier alpha value is -1.70. The Labute approximate surface area is 199 Å². The molecule has 4 atom stereocenters. The van der Waals surface area contributed by atoms with E-state index in [1.807, 2.05) is 37.3 Å². The van der Waals surface area contributed by atoms with Gasteiger partial charge in [0.1, 0.15) is 11.6 Å². The van der Waals surface area contributed by atoms with Crippen molar-refractivity contribution in [3.05, 3.63) is 59.2 Å². The van der Waals surface area contributed by atoms with Gasteiger partial charge in [0.25, 0.3) is 0 Å². The minimum atomic E-state index is -0.247. The molecule has 2 fully saturated rings. The number of fused-ring (bicyclic) bond motifs is 2. The fraction of sp³-hybridized carbons (Fsp3) is 0.613. The van der Waals surface area contributed by atoms with Crippen LogP contribution in [0.15, 0.2) is 36.4 Å². The van der Waals surface area contributed by atoms with Gasteiger partial charge in [-0.15, -0.1) is 0 Å². The highest BCUT2D eigenvalue weighted by Crippen LogP contribution is 2.49. The van der Waals surface area contributed by atoms with E-state index in [0.717, 1.165) is 48.0 Å². The van der Waals surface area contributed by atoms with E-state index in [0.29, 0.717) is 17.4 Å². The molecule has 33 heavy (non-hydrogen) atoms. The predicted molar refractivity (Wildman–Crippen MR) is 137 cm³/mol. The molecule has 180 valence electrons. The van der Waals surface area contributed by atoms with Gasteiger partial charge in [-0.1, -0.05) is 69.7 Å². The quantitative estimate of drug-likeness (QED) is 0.262. The van der Waals surface area contributed by atoms with Gasteiger partial charge in [0.2, 0.25) is 0 Å². The fourth-order valence-electron chi connectivity index (χ4n) is 6.67. The maximum Gasteiger partial charge on any atom is 0.134 e. The molecule has 0 bridgehead atoms. The maximum absolute atomic E-state index is 15.2. The molecular weight excluding hydrogens is 410 g/mol. The van der Waals surface area contributed by atoms with E-state index in [2.05, 4.69) is 6.92 Å². The van der Waals surface area contributed by atoms with E-state index in [4.69, 9.17) is 0 Å². The van der Waals surface area contributed by atoms with Crippen molar-refractivity contribution in [1.29, 1.82) is 0 Å². The summed E-state index contributed by atoms with van der Waals surface area (Å²) in [6.45, 7) is 4.25. The first-order chi connectivity index (χ1) is 16.1. The van der Waals surface area contributed by atoms with Crippen LogP contribution in [0.1, 0.15) is 108 Å². The minimum Gasteiger partial charge on any atom is -0.207 e. The summed E-state index contributed by atoms with van der Waals surface area (Å²) in [7, 11) is 0. The highest BCUT2D eigenvalue weighted by molar-refractivity contribution is 5.85. The van der Waals surface area contributed by atoms with E-state index in [9.17, 15) is 0 Å². The topological polar surface area (TPSA) is 0 Å². The van der Waals surface area contributed by atoms with Crippen LogP contribution < -0.4 is 0 Å². The smallest absolute Gasteiger partial charge is 0.134 e. The number of allylic oxidation sites excluding steroid dienone is 2. The van der Waals surface area contributed by atoms with Crippen LogP contribution >= 0.6 is 0 Å². The molecule has 2 saturated carbocycles. The second kappa shape index (κ2) is 11.6. The zero-order valence-corrected chi connectivity index (χ0v) is 20.7. The highest BCUT2D eigenvalue weighted by atomic mass is 19.1. The third-order valence-corrected chi connectivity index (χ3v) is 8.59. The van der Waals surface area contributed by atoms with E-state index in [1.165, 1.54) is 63.9 Å². The van der Waals surface area contributed by atoms with Gasteiger partial charge in [0, 0.05) is 5.39 Å². The van der Waals surface area contributed by atoms with E-state index >= 15 is 8.78 Å². The number of rotatable bonds is 9. The molecule has 0 aromatic heterocycles. The monoisotopic (exact) mass is 452 g/mol. The first-order valence-electron chi connectivity index (χ1n) is 13.6. The summed E-state index contributed by atoms with van der Waals surface area (Å²) in [4.78, 5) is 0. The Bertz CT molecular complexity index is 944. The third kappa shape index (κ3) is 5.87. The van der Waals surface area contributed by atoms with Gasteiger partial charge in [-0.3, -0.25) is 0 Å². The lowest BCUT2D eigenvalue weighted by Gasteiger charge is -2.42. The third-order valence-electron chi connectivity index (χ3n) is 8.59. The molecule has 4 rings (SSSR count). The number of halogens is 2. The molecule has 0 aliphatic heterocycles. The van der Waals surface area contributed by atoms with Crippen LogP contribution in [-0.4, -0.2) is 0 Å². The van der Waals surface area contributed by atoms with Crippen molar-refractivity contribution in [2.24, 2.45) is 17.8 Å². The second-order valence-electron chi connectivity index (χ2n) is 10.8. The number of aryl methyl sites for hydroxylation is 1. The molecular formula is C31H42F2. The predicted octanol–water partition coefficient (Wildman–Crippen LogP) is 9.90. The Balaban J connectivity index is 1.42. The molecule has 2 aromatic carbocycles. The van der Waals surface area contributed by atoms with Crippen LogP contribution in [0.2, 0.25) is 0 Å². The summed E-state index contributed by atoms with van der Waals surface area (Å²) in [6, 6.07) is 7.30. The molecule has 0 spiro atoms. The number of benzene rings is 2. The second-order valence-corrected chi connectivity index (χ2v) is 10.8. The molecule has 2 aromatic rings. The standard InChI is InChI=1S/C31H42F2/c1-3-5-7-9-10-22-12-13-25-19-26(17-15-24(25)18-22)28-20-27-16-14-23(11-8-6-4-2)31(33)29(27)21-30(28)32/h4,6,14,16,20-22,24-26H,3,5,7-13,15,17-19H2,1-2H3/b6-4+. The molecule has 0 amide bonds. The van der Waals surface area contributed by atoms with Gasteiger partial charge in [-0.25, -0.2) is 8.78 Å². The largest absolute Gasteiger partial charge is 0.207 e. The summed E-state index contributed by atoms with van der Waals surface area (Å²) in [5.74, 6) is 2.34. The zero-order chi connectivity index (χ0) is 23.2. The summed E-state index contributed by atoms with van der Waals surface area (Å²) < 4.78 is 30.3. The molecule has 2 aliphatic rings. The first kappa shape index (κ1) is 24.4. The number of hydrogen-bond donors (Lipinski definition) is 0. The van der Waals surface area contributed by atoms with Gasteiger partial charge < -0.3 is 0 Å². The highest BCUT2D eigenvalue weighted by Gasteiger charge is 2.36. The lowest BCUT2D eigenvalue weighted by Crippen LogP contribution is -2.30. The van der Waals surface area contributed by atoms with Crippen molar-refractivity contribution in [2.45, 2.75) is 103 Å². The molecule has 0 N–H and O–H groups in total. The summed E-state index contributed by atoms with van der Waals surface area (Å²) in [6.07, 6.45) is 19.9. The van der Waals surface area contributed by atoms with Crippen LogP contribution in [0, 0.1) is 29.4 Å². The molecule has 4 unspecified atom stereocenters. The number of unbranched alkanes of at least 4 members (excludes halogenated alkanes) is 3. The lowest BCUT2D eigenvalue weighted by atomic mass is 9.63. The Morgan fingerprint density at radius 1 is 0.939 bits per heavy atom. The van der Waals surface area contributed by atoms with E-state index in [1.54, 1.807) is 0 Å². The SMILES string of the molecule is C/C=C/CCc1ccc2cc(C3CCC4CC(CCCCCC)CCC4C3)c(F)cc2c1F. The van der Waals surface area contributed by atoms with E-state index in [-0.39, 0.29) is 17.6 Å². The van der Waals surface area contributed by atoms with E-state index < -0.39 is 0 Å². The average Bonchev–Trinajstić information content (AvgIpc) is 2.83. The normalized spacial score (nSPS) is 25.6. The minimum absolute atomic E-state index is 0.208. The van der Waals surface area contributed by atoms with Crippen molar-refractivity contribution >= 4 is 10.8 Å². The zero-order valence-electron chi connectivity index (χ0n) is 20.7. The van der Waals surface area contributed by atoms with Gasteiger partial charge in [-0.05, 0) is 104 Å². The Morgan fingerprint density at radius 2 is 1.76 bits per heavy atom. The number of hydrogen-bond acceptors (Lipinski definition) is 0. The molecule has 0 heterocycles. The first-order valence-corrected chi connectivity index (χ1v) is 13.6. The van der Waals surface area contributed by atoms with Crippen LogP contribution in [-0.2, 0) is 6.42 Å². The fourth-order valence-corrected chi connectivity index (χ4v) is 6.67. The van der Waals surface area contributed by atoms with Crippen molar-refractivity contribution in [3.8, 4) is 0 Å². The average molecular weight is 453 g/mol. The van der Waals surface area contributed by atoms with Crippen molar-refractivity contribution in [3.63, 3.8) is 0 Å². The van der Waals surface area contributed by atoms with Crippen molar-refractivity contribution in [2.75, 3.05) is 0 Å². The van der Waals surface area contributed by atoms with Crippen molar-refractivity contribution in [1.82, 2.24) is 0 Å². The molecule has 2 aliphatic carbocycles. The van der Waals surface area contributed by atoms with Crippen molar-refractivity contribution < 1.29 is 8.78 Å². The molecule has 0 nitrogen and oxygen atoms in total. The van der Waals surface area contributed by atoms with Crippen LogP contribution in [0.5, 0.6) is 0 Å². The Kier molecular flexibility index (Phi) is 8.61. The summed E-state index contributed by atoms with van der Waals surface area (Å²) in [5.41, 5.74) is 1.50. The molecule has 0 saturated heterocycles.